The number of nitrogens with zero attached hydrogens (tertiary/aromatic N) is 1. The van der Waals surface area contributed by atoms with Gasteiger partial charge in [0.15, 0.2) is 0 Å². The summed E-state index contributed by atoms with van der Waals surface area (Å²) in [6, 6.07) is 0. The summed E-state index contributed by atoms with van der Waals surface area (Å²) in [4.78, 5) is 13.1. The van der Waals surface area contributed by atoms with Crippen LogP contribution >= 0.6 is 0 Å². The third-order valence-corrected chi connectivity index (χ3v) is 4.23. The minimum absolute atomic E-state index is 0.0175. The second-order valence-corrected chi connectivity index (χ2v) is 6.04. The number of alkyl halides is 2. The van der Waals surface area contributed by atoms with Crippen molar-refractivity contribution in [2.45, 2.75) is 24.2 Å². The highest BCUT2D eigenvalue weighted by molar-refractivity contribution is 7.87. The van der Waals surface area contributed by atoms with Gasteiger partial charge in [0.1, 0.15) is 6.10 Å². The predicted octanol–water partition coefficient (Wildman–Crippen LogP) is 0.104. The van der Waals surface area contributed by atoms with Gasteiger partial charge in [-0.05, 0) is 31.8 Å². The van der Waals surface area contributed by atoms with Crippen molar-refractivity contribution in [3.63, 3.8) is 0 Å². The quantitative estimate of drug-likeness (QED) is 0.585. The number of ether oxygens (including phenoxy) is 1. The minimum atomic E-state index is -5.79. The molecular weight excluding hydrogens is 272 g/mol. The first kappa shape index (κ1) is 13.6. The van der Waals surface area contributed by atoms with E-state index in [9.17, 15) is 22.0 Å². The molecule has 0 saturated carbocycles. The van der Waals surface area contributed by atoms with E-state index in [4.69, 9.17) is 4.55 Å². The van der Waals surface area contributed by atoms with Crippen LogP contribution in [0.25, 0.3) is 0 Å². The molecule has 6 nitrogen and oxygen atoms in total. The smallest absolute Gasteiger partial charge is 0.455 e. The normalized spacial score (nSPS) is 32.3. The predicted molar refractivity (Wildman–Crippen MR) is 55.5 cm³/mol. The summed E-state index contributed by atoms with van der Waals surface area (Å²) in [7, 11) is -5.79. The molecular formula is C9H13F2NO5S. The first-order chi connectivity index (χ1) is 8.22. The van der Waals surface area contributed by atoms with Crippen molar-refractivity contribution in [2.75, 3.05) is 19.6 Å². The zero-order valence-electron chi connectivity index (χ0n) is 9.38. The average molecular weight is 285 g/mol. The van der Waals surface area contributed by atoms with Gasteiger partial charge in [0.2, 0.25) is 0 Å². The van der Waals surface area contributed by atoms with Crippen LogP contribution in [0.1, 0.15) is 12.8 Å². The average Bonchev–Trinajstić information content (AvgIpc) is 2.29. The van der Waals surface area contributed by atoms with Crippen molar-refractivity contribution in [2.24, 2.45) is 5.92 Å². The lowest BCUT2D eigenvalue weighted by Crippen LogP contribution is -2.53. The van der Waals surface area contributed by atoms with Gasteiger partial charge in [0, 0.05) is 6.54 Å². The van der Waals surface area contributed by atoms with Crippen molar-refractivity contribution in [3.8, 4) is 0 Å². The van der Waals surface area contributed by atoms with Crippen LogP contribution in [0.3, 0.4) is 0 Å². The van der Waals surface area contributed by atoms with Gasteiger partial charge < -0.3 is 4.74 Å². The monoisotopic (exact) mass is 285 g/mol. The van der Waals surface area contributed by atoms with Crippen LogP contribution in [0.5, 0.6) is 0 Å². The summed E-state index contributed by atoms with van der Waals surface area (Å²) < 4.78 is 59.6. The molecule has 104 valence electrons. The first-order valence-electron chi connectivity index (χ1n) is 5.50. The highest BCUT2D eigenvalue weighted by atomic mass is 32.2. The largest absolute Gasteiger partial charge is 0.465 e. The van der Waals surface area contributed by atoms with Crippen molar-refractivity contribution in [1.29, 1.82) is 0 Å². The van der Waals surface area contributed by atoms with Crippen LogP contribution in [0.15, 0.2) is 0 Å². The lowest BCUT2D eigenvalue weighted by molar-refractivity contribution is -0.176. The van der Waals surface area contributed by atoms with Gasteiger partial charge in [-0.1, -0.05) is 0 Å². The summed E-state index contributed by atoms with van der Waals surface area (Å²) in [6.07, 6.45) is 0.734. The van der Waals surface area contributed by atoms with Crippen LogP contribution in [0, 0.1) is 5.92 Å². The van der Waals surface area contributed by atoms with E-state index in [1.54, 1.807) is 0 Å². The maximum Gasteiger partial charge on any atom is 0.465 e. The summed E-state index contributed by atoms with van der Waals surface area (Å²) >= 11 is 0. The summed E-state index contributed by atoms with van der Waals surface area (Å²) in [5.41, 5.74) is 0. The number of fused-ring (bicyclic) bond motifs is 3. The summed E-state index contributed by atoms with van der Waals surface area (Å²) in [5, 5.41) is -4.90. The topological polar surface area (TPSA) is 83.9 Å². The van der Waals surface area contributed by atoms with Crippen molar-refractivity contribution in [1.82, 2.24) is 4.90 Å². The molecule has 0 aliphatic carbocycles. The van der Waals surface area contributed by atoms with E-state index in [0.717, 1.165) is 25.9 Å². The Morgan fingerprint density at radius 1 is 1.33 bits per heavy atom. The highest BCUT2D eigenvalue weighted by Gasteiger charge is 2.55. The Morgan fingerprint density at radius 3 is 2.28 bits per heavy atom. The maximum absolute atomic E-state index is 13.0. The number of rotatable bonds is 3. The molecule has 0 aromatic heterocycles. The Labute approximate surface area is 103 Å². The molecule has 0 amide bonds. The molecule has 1 unspecified atom stereocenters. The molecule has 1 N–H and O–H groups in total. The van der Waals surface area contributed by atoms with Gasteiger partial charge in [-0.15, -0.1) is 0 Å². The van der Waals surface area contributed by atoms with Crippen LogP contribution in [-0.4, -0.2) is 54.8 Å². The number of esters is 1. The summed E-state index contributed by atoms with van der Waals surface area (Å²) in [6.45, 7) is 1.98. The lowest BCUT2D eigenvalue weighted by atomic mass is 9.86. The van der Waals surface area contributed by atoms with Gasteiger partial charge >= 0.3 is 21.3 Å². The fraction of sp³-hybridized carbons (Fsp3) is 0.889. The van der Waals surface area contributed by atoms with E-state index in [2.05, 4.69) is 4.74 Å². The molecule has 3 aliphatic heterocycles. The number of halogens is 2. The lowest BCUT2D eigenvalue weighted by Gasteiger charge is -2.44. The second kappa shape index (κ2) is 4.39. The third-order valence-electron chi connectivity index (χ3n) is 3.42. The van der Waals surface area contributed by atoms with Crippen molar-refractivity contribution >= 4 is 16.1 Å². The molecule has 3 heterocycles. The zero-order chi connectivity index (χ0) is 13.6. The standard InChI is InChI=1S/C9H13F2NO5S/c10-9(11,18(14,15)16)8(13)17-7-5-12-3-1-6(7)2-4-12/h6-7H,1-5H2,(H,14,15,16). The van der Waals surface area contributed by atoms with Gasteiger partial charge in [0.05, 0.1) is 0 Å². The maximum atomic E-state index is 13.0. The van der Waals surface area contributed by atoms with Gasteiger partial charge in [-0.2, -0.15) is 17.2 Å². The van der Waals surface area contributed by atoms with Crippen molar-refractivity contribution in [3.05, 3.63) is 0 Å². The van der Waals surface area contributed by atoms with Crippen LogP contribution < -0.4 is 0 Å². The van der Waals surface area contributed by atoms with Gasteiger partial charge in [0.25, 0.3) is 0 Å². The molecule has 2 bridgehead atoms. The minimum Gasteiger partial charge on any atom is -0.455 e. The molecule has 3 saturated heterocycles. The summed E-state index contributed by atoms with van der Waals surface area (Å²) in [5.74, 6) is -2.22. The van der Waals surface area contributed by atoms with Gasteiger partial charge in [-0.3, -0.25) is 9.45 Å². The molecule has 0 radical (unpaired) electrons. The highest BCUT2D eigenvalue weighted by Crippen LogP contribution is 2.31. The first-order valence-corrected chi connectivity index (χ1v) is 6.94. The Bertz CT molecular complexity index is 444. The fourth-order valence-corrected chi connectivity index (χ4v) is 2.61. The van der Waals surface area contributed by atoms with Crippen LogP contribution in [-0.2, 0) is 19.6 Å². The molecule has 1 atom stereocenters. The number of carbonyl (C=O) groups excluding carboxylic acids is 1. The van der Waals surface area contributed by atoms with E-state index in [0.29, 0.717) is 6.54 Å². The Morgan fingerprint density at radius 2 is 1.89 bits per heavy atom. The fourth-order valence-electron chi connectivity index (χ4n) is 2.36. The molecule has 0 spiro atoms. The number of piperidine rings is 3. The molecule has 3 fully saturated rings. The number of hydrogen-bond acceptors (Lipinski definition) is 5. The molecule has 9 heteroatoms. The van der Waals surface area contributed by atoms with E-state index in [-0.39, 0.29) is 5.92 Å². The number of carbonyl (C=O) groups is 1. The zero-order valence-corrected chi connectivity index (χ0v) is 10.2. The SMILES string of the molecule is O=C(OC1CN2CCC1CC2)C(F)(F)S(=O)(=O)O. The third kappa shape index (κ3) is 2.34. The van der Waals surface area contributed by atoms with E-state index in [1.807, 2.05) is 4.90 Å². The van der Waals surface area contributed by atoms with Crippen molar-refractivity contribution < 1.29 is 31.3 Å². The van der Waals surface area contributed by atoms with E-state index in [1.165, 1.54) is 0 Å². The molecule has 3 aliphatic rings. The molecule has 0 aromatic rings. The van der Waals surface area contributed by atoms with Gasteiger partial charge in [-0.25, -0.2) is 4.79 Å². The number of hydrogen-bond donors (Lipinski definition) is 1. The second-order valence-electron chi connectivity index (χ2n) is 4.57. The van der Waals surface area contributed by atoms with Crippen LogP contribution in [0.2, 0.25) is 0 Å². The Kier molecular flexibility index (Phi) is 3.32. The van der Waals surface area contributed by atoms with E-state index >= 15 is 0 Å². The van der Waals surface area contributed by atoms with Crippen LogP contribution in [0.4, 0.5) is 8.78 Å². The Hall–Kier alpha value is -0.800. The van der Waals surface area contributed by atoms with E-state index < -0.39 is 27.4 Å². The molecule has 0 aromatic carbocycles. The Balaban J connectivity index is 2.04. The molecule has 18 heavy (non-hydrogen) atoms. The molecule has 3 rings (SSSR count).